The molecule has 7 nitrogen and oxygen atoms in total. The maximum absolute atomic E-state index is 5.01. The molecule has 0 aliphatic carbocycles. The fraction of sp³-hybridized carbons (Fsp3) is 0.0714. The number of anilines is 2. The summed E-state index contributed by atoms with van der Waals surface area (Å²) in [6.45, 7) is 0. The Kier molecular flexibility index (Phi) is 3.64. The first kappa shape index (κ1) is 12.9. The average Bonchev–Trinajstić information content (AvgIpc) is 2.57. The minimum absolute atomic E-state index is 0.434. The Morgan fingerprint density at radius 2 is 2.10 bits per heavy atom. The summed E-state index contributed by atoms with van der Waals surface area (Å²) >= 11 is 0. The Balaban J connectivity index is 1.83. The lowest BCUT2D eigenvalue weighted by Crippen LogP contribution is -2.00. The predicted molar refractivity (Wildman–Crippen MR) is 76.0 cm³/mol. The highest BCUT2D eigenvalue weighted by atomic mass is 16.5. The summed E-state index contributed by atoms with van der Waals surface area (Å²) in [5, 5.41) is 3.06. The van der Waals surface area contributed by atoms with Crippen molar-refractivity contribution in [3.63, 3.8) is 0 Å². The molecule has 0 aliphatic heterocycles. The van der Waals surface area contributed by atoms with E-state index in [0.717, 1.165) is 11.3 Å². The molecule has 0 amide bonds. The van der Waals surface area contributed by atoms with Gasteiger partial charge in [0.1, 0.15) is 6.33 Å². The monoisotopic (exact) mass is 279 g/mol. The number of pyridine rings is 2. The van der Waals surface area contributed by atoms with Gasteiger partial charge in [-0.2, -0.15) is 4.98 Å². The minimum Gasteiger partial charge on any atom is -0.481 e. The second-order valence-electron chi connectivity index (χ2n) is 4.02. The van der Waals surface area contributed by atoms with E-state index < -0.39 is 0 Å². The van der Waals surface area contributed by atoms with E-state index in [-0.39, 0.29) is 0 Å². The molecule has 3 aromatic rings. The number of nitrogens with one attached hydrogen (secondary N) is 1. The van der Waals surface area contributed by atoms with Gasteiger partial charge in [0.15, 0.2) is 5.82 Å². The van der Waals surface area contributed by atoms with Crippen LogP contribution in [0.3, 0.4) is 0 Å². The molecule has 3 aromatic heterocycles. The van der Waals surface area contributed by atoms with Gasteiger partial charge in [0.25, 0.3) is 0 Å². The van der Waals surface area contributed by atoms with Crippen LogP contribution in [0.25, 0.3) is 11.4 Å². The van der Waals surface area contributed by atoms with Crippen molar-refractivity contribution in [1.82, 2.24) is 24.9 Å². The Morgan fingerprint density at radius 1 is 1.14 bits per heavy atom. The molecule has 21 heavy (non-hydrogen) atoms. The van der Waals surface area contributed by atoms with Crippen LogP contribution >= 0.6 is 0 Å². The molecule has 0 spiro atoms. The van der Waals surface area contributed by atoms with Crippen LogP contribution in [0.2, 0.25) is 0 Å². The average molecular weight is 279 g/mol. The lowest BCUT2D eigenvalue weighted by molar-refractivity contribution is 0.398. The van der Waals surface area contributed by atoms with Gasteiger partial charge < -0.3 is 10.1 Å². The Bertz CT molecular complexity index is 717. The highest BCUT2D eigenvalue weighted by Gasteiger charge is 2.04. The van der Waals surface area contributed by atoms with E-state index in [2.05, 4.69) is 36.4 Å². The van der Waals surface area contributed by atoms with E-state index in [9.17, 15) is 0 Å². The second kappa shape index (κ2) is 5.91. The molecule has 0 atom stereocenters. The Labute approximate surface area is 121 Å². The smallest absolute Gasteiger partial charge is 0.230 e. The number of hydrogen-bond acceptors (Lipinski definition) is 7. The van der Waals surface area contributed by atoms with Crippen LogP contribution in [0.4, 0.5) is 11.6 Å². The van der Waals surface area contributed by atoms with E-state index in [1.54, 1.807) is 31.6 Å². The normalized spacial score (nSPS) is 10.1. The third kappa shape index (κ3) is 3.08. The van der Waals surface area contributed by atoms with E-state index in [1.807, 2.05) is 12.1 Å². The van der Waals surface area contributed by atoms with Gasteiger partial charge >= 0.3 is 0 Å². The fourth-order valence-corrected chi connectivity index (χ4v) is 1.65. The molecule has 0 unspecified atom stereocenters. The minimum atomic E-state index is 0.434. The van der Waals surface area contributed by atoms with Gasteiger partial charge in [-0.1, -0.05) is 0 Å². The van der Waals surface area contributed by atoms with Crippen LogP contribution in [0, 0.1) is 6.20 Å². The van der Waals surface area contributed by atoms with E-state index >= 15 is 0 Å². The standard InChI is InChI=1S/C14H11N6O/c1-21-12-3-2-11(8-16-12)19-14-18-9-17-13(20-14)10-4-6-15-7-5-10/h2-6,8-9H,1H3,(H,17,18,19,20). The highest BCUT2D eigenvalue weighted by Crippen LogP contribution is 2.17. The van der Waals surface area contributed by atoms with E-state index in [0.29, 0.717) is 17.7 Å². The largest absolute Gasteiger partial charge is 0.481 e. The van der Waals surface area contributed by atoms with Crippen molar-refractivity contribution in [2.24, 2.45) is 0 Å². The van der Waals surface area contributed by atoms with Gasteiger partial charge in [-0.3, -0.25) is 4.98 Å². The number of aromatic nitrogens is 5. The SMILES string of the molecule is COc1ccc(Nc2ncnc(-c3c[c]ncc3)n2)cn1. The van der Waals surface area contributed by atoms with Crippen molar-refractivity contribution in [2.45, 2.75) is 0 Å². The van der Waals surface area contributed by atoms with Crippen molar-refractivity contribution in [2.75, 3.05) is 12.4 Å². The molecule has 1 radical (unpaired) electrons. The van der Waals surface area contributed by atoms with Gasteiger partial charge in [0.2, 0.25) is 11.8 Å². The Hall–Kier alpha value is -3.09. The first-order valence-electron chi connectivity index (χ1n) is 6.14. The number of hydrogen-bond donors (Lipinski definition) is 1. The first-order valence-corrected chi connectivity index (χ1v) is 6.14. The molecular formula is C14H11N6O. The summed E-state index contributed by atoms with van der Waals surface area (Å²) in [5.41, 5.74) is 1.58. The molecule has 0 bridgehead atoms. The maximum atomic E-state index is 5.01. The zero-order chi connectivity index (χ0) is 14.5. The van der Waals surface area contributed by atoms with Crippen LogP contribution in [0.5, 0.6) is 5.88 Å². The van der Waals surface area contributed by atoms with Crippen LogP contribution in [0.1, 0.15) is 0 Å². The molecule has 3 heterocycles. The predicted octanol–water partition coefficient (Wildman–Crippen LogP) is 1.88. The molecule has 0 fully saturated rings. The van der Waals surface area contributed by atoms with Crippen molar-refractivity contribution < 1.29 is 4.74 Å². The first-order chi connectivity index (χ1) is 10.3. The maximum Gasteiger partial charge on any atom is 0.230 e. The number of nitrogens with zero attached hydrogens (tertiary/aromatic N) is 5. The molecule has 1 N–H and O–H groups in total. The Morgan fingerprint density at radius 3 is 2.81 bits per heavy atom. The third-order valence-corrected chi connectivity index (χ3v) is 2.65. The summed E-state index contributed by atoms with van der Waals surface area (Å²) in [7, 11) is 1.57. The van der Waals surface area contributed by atoms with E-state index in [4.69, 9.17) is 4.74 Å². The molecule has 7 heteroatoms. The van der Waals surface area contributed by atoms with Crippen LogP contribution in [-0.2, 0) is 0 Å². The zero-order valence-corrected chi connectivity index (χ0v) is 11.2. The number of methoxy groups -OCH3 is 1. The van der Waals surface area contributed by atoms with Gasteiger partial charge in [0.05, 0.1) is 25.2 Å². The molecule has 103 valence electrons. The van der Waals surface area contributed by atoms with Gasteiger partial charge in [0, 0.05) is 17.8 Å². The zero-order valence-electron chi connectivity index (χ0n) is 11.2. The summed E-state index contributed by atoms with van der Waals surface area (Å²) in [4.78, 5) is 20.5. The van der Waals surface area contributed by atoms with Gasteiger partial charge in [-0.25, -0.2) is 15.0 Å². The molecule has 0 aliphatic rings. The van der Waals surface area contributed by atoms with Crippen LogP contribution < -0.4 is 10.1 Å². The molecule has 0 aromatic carbocycles. The van der Waals surface area contributed by atoms with Gasteiger partial charge in [-0.15, -0.1) is 0 Å². The highest BCUT2D eigenvalue weighted by molar-refractivity contribution is 5.57. The van der Waals surface area contributed by atoms with Crippen molar-refractivity contribution in [1.29, 1.82) is 0 Å². The summed E-state index contributed by atoms with van der Waals surface area (Å²) in [6, 6.07) is 7.11. The third-order valence-electron chi connectivity index (χ3n) is 2.65. The van der Waals surface area contributed by atoms with Crippen LogP contribution in [0.15, 0.2) is 43.0 Å². The van der Waals surface area contributed by atoms with Gasteiger partial charge in [-0.05, 0) is 18.2 Å². The van der Waals surface area contributed by atoms with Crippen LogP contribution in [-0.4, -0.2) is 32.0 Å². The molecular weight excluding hydrogens is 268 g/mol. The second-order valence-corrected chi connectivity index (χ2v) is 4.02. The topological polar surface area (TPSA) is 85.7 Å². The quantitative estimate of drug-likeness (QED) is 0.780. The fourth-order valence-electron chi connectivity index (χ4n) is 1.65. The van der Waals surface area contributed by atoms with Crippen molar-refractivity contribution in [3.8, 4) is 17.3 Å². The lowest BCUT2D eigenvalue weighted by Gasteiger charge is -2.06. The molecule has 0 saturated heterocycles. The van der Waals surface area contributed by atoms with Crippen molar-refractivity contribution in [3.05, 3.63) is 49.2 Å². The van der Waals surface area contributed by atoms with Crippen molar-refractivity contribution >= 4 is 11.6 Å². The summed E-state index contributed by atoms with van der Waals surface area (Å²) < 4.78 is 5.01. The lowest BCUT2D eigenvalue weighted by atomic mass is 10.2. The number of ether oxygens (including phenoxy) is 1. The summed E-state index contributed by atoms with van der Waals surface area (Å²) in [5.74, 6) is 1.53. The van der Waals surface area contributed by atoms with E-state index in [1.165, 1.54) is 6.33 Å². The molecule has 3 rings (SSSR count). The number of rotatable bonds is 4. The summed E-state index contributed by atoms with van der Waals surface area (Å²) in [6.07, 6.45) is 7.47. The molecule has 0 saturated carbocycles.